The van der Waals surface area contributed by atoms with E-state index in [0.29, 0.717) is 11.4 Å². The zero-order chi connectivity index (χ0) is 19.5. The molecule has 1 N–H and O–H groups in total. The van der Waals surface area contributed by atoms with Crippen LogP contribution in [0.25, 0.3) is 0 Å². The molecule has 1 atom stereocenters. The summed E-state index contributed by atoms with van der Waals surface area (Å²) in [6.07, 6.45) is -0.694. The molecule has 0 aliphatic rings. The lowest BCUT2D eigenvalue weighted by molar-refractivity contribution is -0.122. The Labute approximate surface area is 154 Å². The fourth-order valence-electron chi connectivity index (χ4n) is 2.24. The number of sulfonamides is 1. The molecule has 7 heteroatoms. The van der Waals surface area contributed by atoms with Crippen molar-refractivity contribution in [3.8, 4) is 5.75 Å². The Balaban J connectivity index is 2.06. The SMILES string of the molecule is Cc1ccc(C)c(OC(C)C(=O)Nc2ccc(S(=O)(=O)N(C)C)cc2)c1. The second-order valence-corrected chi connectivity index (χ2v) is 8.48. The fourth-order valence-corrected chi connectivity index (χ4v) is 3.14. The molecule has 0 fully saturated rings. The van der Waals surface area contributed by atoms with Crippen molar-refractivity contribution < 1.29 is 17.9 Å². The molecule has 2 aromatic carbocycles. The van der Waals surface area contributed by atoms with E-state index < -0.39 is 16.1 Å². The van der Waals surface area contributed by atoms with Crippen molar-refractivity contribution in [2.75, 3.05) is 19.4 Å². The molecule has 0 saturated heterocycles. The summed E-state index contributed by atoms with van der Waals surface area (Å²) in [5.74, 6) is 0.356. The number of carbonyl (C=O) groups is 1. The number of anilines is 1. The number of amides is 1. The van der Waals surface area contributed by atoms with Gasteiger partial charge in [-0.25, -0.2) is 12.7 Å². The average Bonchev–Trinajstić information content (AvgIpc) is 2.58. The molecule has 0 aliphatic carbocycles. The highest BCUT2D eigenvalue weighted by molar-refractivity contribution is 7.89. The van der Waals surface area contributed by atoms with E-state index >= 15 is 0 Å². The maximum absolute atomic E-state index is 12.3. The van der Waals surface area contributed by atoms with E-state index in [2.05, 4.69) is 5.32 Å². The zero-order valence-corrected chi connectivity index (χ0v) is 16.4. The molecule has 26 heavy (non-hydrogen) atoms. The van der Waals surface area contributed by atoms with Crippen molar-refractivity contribution in [1.82, 2.24) is 4.31 Å². The fraction of sp³-hybridized carbons (Fsp3) is 0.316. The van der Waals surface area contributed by atoms with Gasteiger partial charge in [0.2, 0.25) is 10.0 Å². The molecular formula is C19H24N2O4S. The van der Waals surface area contributed by atoms with Gasteiger partial charge in [-0.2, -0.15) is 0 Å². The molecule has 0 heterocycles. The first-order chi connectivity index (χ1) is 12.1. The van der Waals surface area contributed by atoms with Crippen LogP contribution in [-0.2, 0) is 14.8 Å². The number of benzene rings is 2. The number of nitrogens with one attached hydrogen (secondary N) is 1. The van der Waals surface area contributed by atoms with Gasteiger partial charge in [0.05, 0.1) is 4.90 Å². The number of hydrogen-bond acceptors (Lipinski definition) is 4. The van der Waals surface area contributed by atoms with E-state index in [4.69, 9.17) is 4.74 Å². The smallest absolute Gasteiger partial charge is 0.265 e. The lowest BCUT2D eigenvalue weighted by Crippen LogP contribution is -2.30. The van der Waals surface area contributed by atoms with Gasteiger partial charge < -0.3 is 10.1 Å². The van der Waals surface area contributed by atoms with Crippen LogP contribution < -0.4 is 10.1 Å². The van der Waals surface area contributed by atoms with Crippen LogP contribution >= 0.6 is 0 Å². The minimum Gasteiger partial charge on any atom is -0.481 e. The van der Waals surface area contributed by atoms with Gasteiger partial charge in [-0.05, 0) is 62.2 Å². The highest BCUT2D eigenvalue weighted by atomic mass is 32.2. The van der Waals surface area contributed by atoms with E-state index in [1.54, 1.807) is 19.1 Å². The Bertz CT molecular complexity index is 890. The summed E-state index contributed by atoms with van der Waals surface area (Å²) in [5.41, 5.74) is 2.51. The second-order valence-electron chi connectivity index (χ2n) is 6.33. The molecule has 0 aliphatic heterocycles. The summed E-state index contributed by atoms with van der Waals surface area (Å²) in [5, 5.41) is 2.73. The van der Waals surface area contributed by atoms with E-state index in [9.17, 15) is 13.2 Å². The number of rotatable bonds is 6. The monoisotopic (exact) mass is 376 g/mol. The molecule has 2 aromatic rings. The molecule has 0 spiro atoms. The van der Waals surface area contributed by atoms with Crippen LogP contribution in [0.1, 0.15) is 18.1 Å². The lowest BCUT2D eigenvalue weighted by atomic mass is 10.1. The first kappa shape index (κ1) is 19.9. The first-order valence-electron chi connectivity index (χ1n) is 8.18. The number of nitrogens with zero attached hydrogens (tertiary/aromatic N) is 1. The second kappa shape index (κ2) is 7.88. The van der Waals surface area contributed by atoms with Crippen LogP contribution in [0, 0.1) is 13.8 Å². The Morgan fingerprint density at radius 2 is 1.69 bits per heavy atom. The van der Waals surface area contributed by atoms with Crippen LogP contribution in [0.4, 0.5) is 5.69 Å². The van der Waals surface area contributed by atoms with Gasteiger partial charge in [-0.15, -0.1) is 0 Å². The molecule has 0 radical (unpaired) electrons. The summed E-state index contributed by atoms with van der Waals surface area (Å²) in [6.45, 7) is 5.55. The predicted octanol–water partition coefficient (Wildman–Crippen LogP) is 2.96. The molecule has 0 bridgehead atoms. The summed E-state index contributed by atoms with van der Waals surface area (Å²) in [4.78, 5) is 12.5. The molecule has 2 rings (SSSR count). The van der Waals surface area contributed by atoms with Crippen molar-refractivity contribution in [2.45, 2.75) is 31.8 Å². The van der Waals surface area contributed by atoms with Crippen molar-refractivity contribution >= 4 is 21.6 Å². The van der Waals surface area contributed by atoms with Gasteiger partial charge in [0.15, 0.2) is 6.10 Å². The maximum atomic E-state index is 12.3. The van der Waals surface area contributed by atoms with E-state index in [1.165, 1.54) is 26.2 Å². The Kier molecular flexibility index (Phi) is 6.05. The molecule has 0 saturated carbocycles. The number of ether oxygens (including phenoxy) is 1. The van der Waals surface area contributed by atoms with Gasteiger partial charge >= 0.3 is 0 Å². The number of hydrogen-bond donors (Lipinski definition) is 1. The predicted molar refractivity (Wildman–Crippen MR) is 102 cm³/mol. The Hall–Kier alpha value is -2.38. The van der Waals surface area contributed by atoms with E-state index in [-0.39, 0.29) is 10.8 Å². The first-order valence-corrected chi connectivity index (χ1v) is 9.62. The van der Waals surface area contributed by atoms with Crippen LogP contribution in [0.15, 0.2) is 47.4 Å². The minimum absolute atomic E-state index is 0.167. The topological polar surface area (TPSA) is 75.7 Å². The lowest BCUT2D eigenvalue weighted by Gasteiger charge is -2.17. The molecule has 0 aromatic heterocycles. The van der Waals surface area contributed by atoms with Crippen molar-refractivity contribution in [1.29, 1.82) is 0 Å². The summed E-state index contributed by atoms with van der Waals surface area (Å²) >= 11 is 0. The van der Waals surface area contributed by atoms with Crippen LogP contribution in [0.2, 0.25) is 0 Å². The van der Waals surface area contributed by atoms with E-state index in [1.807, 2.05) is 32.0 Å². The Morgan fingerprint density at radius 1 is 1.08 bits per heavy atom. The normalized spacial score (nSPS) is 12.7. The Morgan fingerprint density at radius 3 is 2.27 bits per heavy atom. The summed E-state index contributed by atoms with van der Waals surface area (Å²) < 4.78 is 31.0. The molecule has 1 amide bonds. The van der Waals surface area contributed by atoms with Crippen molar-refractivity contribution in [3.63, 3.8) is 0 Å². The average molecular weight is 376 g/mol. The van der Waals surface area contributed by atoms with Gasteiger partial charge in [0.25, 0.3) is 5.91 Å². The number of aryl methyl sites for hydroxylation is 2. The van der Waals surface area contributed by atoms with Gasteiger partial charge in [0, 0.05) is 19.8 Å². The van der Waals surface area contributed by atoms with Gasteiger partial charge in [-0.3, -0.25) is 4.79 Å². The third-order valence-corrected chi connectivity index (χ3v) is 5.75. The van der Waals surface area contributed by atoms with Crippen molar-refractivity contribution in [3.05, 3.63) is 53.6 Å². The van der Waals surface area contributed by atoms with E-state index in [0.717, 1.165) is 15.4 Å². The molecule has 1 unspecified atom stereocenters. The molecule has 6 nitrogen and oxygen atoms in total. The van der Waals surface area contributed by atoms with Gasteiger partial charge in [-0.1, -0.05) is 12.1 Å². The summed E-state index contributed by atoms with van der Waals surface area (Å²) in [7, 11) is -0.553. The molecule has 140 valence electrons. The van der Waals surface area contributed by atoms with Gasteiger partial charge in [0.1, 0.15) is 5.75 Å². The quantitative estimate of drug-likeness (QED) is 0.841. The summed E-state index contributed by atoms with van der Waals surface area (Å²) in [6, 6.07) is 11.8. The minimum atomic E-state index is -3.49. The van der Waals surface area contributed by atoms with Crippen LogP contribution in [0.3, 0.4) is 0 Å². The highest BCUT2D eigenvalue weighted by Gasteiger charge is 2.18. The van der Waals surface area contributed by atoms with Crippen LogP contribution in [0.5, 0.6) is 5.75 Å². The largest absolute Gasteiger partial charge is 0.481 e. The highest BCUT2D eigenvalue weighted by Crippen LogP contribution is 2.21. The number of carbonyl (C=O) groups excluding carboxylic acids is 1. The maximum Gasteiger partial charge on any atom is 0.265 e. The third kappa shape index (κ3) is 4.62. The van der Waals surface area contributed by atoms with Crippen molar-refractivity contribution in [2.24, 2.45) is 0 Å². The standard InChI is InChI=1S/C19H24N2O4S/c1-13-6-7-14(2)18(12-13)25-15(3)19(22)20-16-8-10-17(11-9-16)26(23,24)21(4)5/h6-12,15H,1-5H3,(H,20,22). The zero-order valence-electron chi connectivity index (χ0n) is 15.6. The van der Waals surface area contributed by atoms with Crippen LogP contribution in [-0.4, -0.2) is 38.8 Å². The third-order valence-electron chi connectivity index (χ3n) is 3.92. The molecular weight excluding hydrogens is 352 g/mol.